The van der Waals surface area contributed by atoms with E-state index in [1.54, 1.807) is 30.6 Å². The second-order valence-corrected chi connectivity index (χ2v) is 8.87. The molecule has 4 aromatic rings. The summed E-state index contributed by atoms with van der Waals surface area (Å²) in [5.41, 5.74) is 2.89. The molecule has 0 aliphatic rings. The Balaban J connectivity index is 0.000000294. The number of pyridine rings is 1. The number of nitrogens with zero attached hydrogens (tertiary/aromatic N) is 2. The summed E-state index contributed by atoms with van der Waals surface area (Å²) in [7, 11) is 0. The van der Waals surface area contributed by atoms with E-state index in [0.717, 1.165) is 29.7 Å². The van der Waals surface area contributed by atoms with Crippen LogP contribution < -0.4 is 9.72 Å². The summed E-state index contributed by atoms with van der Waals surface area (Å²) in [5.74, 6) is 0.0185. The van der Waals surface area contributed by atoms with E-state index in [4.69, 9.17) is 16.3 Å². The number of hydrogen-bond donors (Lipinski definition) is 0. The van der Waals surface area contributed by atoms with Gasteiger partial charge < -0.3 is 14.7 Å². The standard InChI is InChI=1S/C18H20ClNO3.C11H8N.Ir/c1-4-8-18(2,3)13-10-15(20-11-13)16(21)12-6-5-7-14(9-12)23-17(19)22;1-2-6-10(7-3-1)11-8-4-5-9-12-11;/h5-7,9-11H,4,8H2,1-3H3,(H,20,21);1-6,8-9H;/q;-1;/p-1. The van der Waals surface area contributed by atoms with Crippen molar-refractivity contribution < 1.29 is 34.4 Å². The zero-order chi connectivity index (χ0) is 25.3. The van der Waals surface area contributed by atoms with Crippen LogP contribution in [0.2, 0.25) is 0 Å². The van der Waals surface area contributed by atoms with Gasteiger partial charge in [-0.1, -0.05) is 68.8 Å². The third-order valence-corrected chi connectivity index (χ3v) is 5.55. The molecule has 2 heterocycles. The molecule has 4 rings (SSSR count). The van der Waals surface area contributed by atoms with Crippen LogP contribution in [0, 0.1) is 6.07 Å². The zero-order valence-corrected chi connectivity index (χ0v) is 23.5. The van der Waals surface area contributed by atoms with E-state index in [2.05, 4.69) is 36.8 Å². The van der Waals surface area contributed by atoms with Crippen molar-refractivity contribution in [2.75, 3.05) is 0 Å². The van der Waals surface area contributed by atoms with Gasteiger partial charge in [-0.2, -0.15) is 6.20 Å². The molecule has 36 heavy (non-hydrogen) atoms. The van der Waals surface area contributed by atoms with Crippen LogP contribution in [0.3, 0.4) is 0 Å². The summed E-state index contributed by atoms with van der Waals surface area (Å²) in [6.45, 7) is 6.42. The van der Waals surface area contributed by atoms with Gasteiger partial charge in [0.15, 0.2) is 5.78 Å². The van der Waals surface area contributed by atoms with Gasteiger partial charge in [-0.05, 0) is 35.7 Å². The molecule has 0 spiro atoms. The van der Waals surface area contributed by atoms with Crippen LogP contribution >= 0.6 is 11.6 Å². The number of carbonyl (C=O) groups excluding carboxylic acids is 2. The Hall–Kier alpha value is -3.05. The predicted octanol–water partition coefficient (Wildman–Crippen LogP) is 7.24. The molecule has 2 aromatic carbocycles. The molecule has 0 amide bonds. The van der Waals surface area contributed by atoms with Crippen molar-refractivity contribution in [3.63, 3.8) is 0 Å². The molecule has 0 saturated heterocycles. The minimum Gasteiger partial charge on any atom is -0.661 e. The van der Waals surface area contributed by atoms with Gasteiger partial charge in [0.05, 0.1) is 0 Å². The van der Waals surface area contributed by atoms with Crippen LogP contribution in [-0.4, -0.2) is 16.2 Å². The number of benzene rings is 2. The third-order valence-electron chi connectivity index (χ3n) is 5.47. The van der Waals surface area contributed by atoms with Crippen LogP contribution in [0.25, 0.3) is 11.3 Å². The Labute approximate surface area is 230 Å². The van der Waals surface area contributed by atoms with Crippen molar-refractivity contribution in [2.24, 2.45) is 0 Å². The van der Waals surface area contributed by atoms with Crippen molar-refractivity contribution in [3.05, 3.63) is 108 Å². The largest absolute Gasteiger partial charge is 0.661 e. The molecule has 0 unspecified atom stereocenters. The fraction of sp³-hybridized carbons (Fsp3) is 0.207. The Morgan fingerprint density at radius 1 is 1.06 bits per heavy atom. The van der Waals surface area contributed by atoms with Gasteiger partial charge in [0.25, 0.3) is 0 Å². The first-order valence-electron chi connectivity index (χ1n) is 11.3. The van der Waals surface area contributed by atoms with Crippen molar-refractivity contribution in [3.8, 4) is 17.0 Å². The molecule has 0 fully saturated rings. The molecule has 0 saturated carbocycles. The van der Waals surface area contributed by atoms with Crippen molar-refractivity contribution in [1.29, 1.82) is 0 Å². The van der Waals surface area contributed by atoms with E-state index >= 15 is 0 Å². The number of ether oxygens (including phenoxy) is 1. The smallest absolute Gasteiger partial charge is 0.409 e. The van der Waals surface area contributed by atoms with Gasteiger partial charge in [-0.15, -0.1) is 35.9 Å². The van der Waals surface area contributed by atoms with Gasteiger partial charge in [0, 0.05) is 43.5 Å². The monoisotopic (exact) mass is 679 g/mol. The average Bonchev–Trinajstić information content (AvgIpc) is 3.36. The summed E-state index contributed by atoms with van der Waals surface area (Å²) < 4.78 is 4.79. The van der Waals surface area contributed by atoms with E-state index in [9.17, 15) is 9.59 Å². The number of carbonyl (C=O) groups is 2. The zero-order valence-electron chi connectivity index (χ0n) is 20.3. The molecule has 189 valence electrons. The second-order valence-electron chi connectivity index (χ2n) is 8.56. The minimum atomic E-state index is -0.940. The Morgan fingerprint density at radius 3 is 2.47 bits per heavy atom. The fourth-order valence-electron chi connectivity index (χ4n) is 3.64. The van der Waals surface area contributed by atoms with Gasteiger partial charge in [-0.25, -0.2) is 4.79 Å². The number of rotatable bonds is 7. The van der Waals surface area contributed by atoms with E-state index < -0.39 is 5.43 Å². The van der Waals surface area contributed by atoms with Gasteiger partial charge in [-0.3, -0.25) is 4.79 Å². The normalized spacial score (nSPS) is 10.4. The van der Waals surface area contributed by atoms with E-state index in [1.165, 1.54) is 6.07 Å². The summed E-state index contributed by atoms with van der Waals surface area (Å²) in [4.78, 5) is 31.8. The molecular weight excluding hydrogens is 652 g/mol. The molecule has 5 nitrogen and oxygen atoms in total. The quantitative estimate of drug-likeness (QED) is 0.117. The van der Waals surface area contributed by atoms with Crippen molar-refractivity contribution in [2.45, 2.75) is 39.0 Å². The van der Waals surface area contributed by atoms with Crippen molar-refractivity contribution >= 4 is 22.8 Å². The van der Waals surface area contributed by atoms with Crippen LogP contribution in [0.4, 0.5) is 4.79 Å². The van der Waals surface area contributed by atoms with Crippen LogP contribution in [0.15, 0.2) is 85.2 Å². The molecular formula is C29H27ClIrN2O3-2. The summed E-state index contributed by atoms with van der Waals surface area (Å²) in [6, 6.07) is 25.0. The second kappa shape index (κ2) is 13.9. The Morgan fingerprint density at radius 2 is 1.83 bits per heavy atom. The molecule has 0 aliphatic heterocycles. The molecule has 2 aromatic heterocycles. The molecule has 0 atom stereocenters. The fourth-order valence-corrected chi connectivity index (χ4v) is 3.73. The average molecular weight is 679 g/mol. The molecule has 7 heteroatoms. The van der Waals surface area contributed by atoms with Gasteiger partial charge >= 0.3 is 5.43 Å². The van der Waals surface area contributed by atoms with Crippen LogP contribution in [0.1, 0.15) is 55.2 Å². The topological polar surface area (TPSA) is 70.4 Å². The third kappa shape index (κ3) is 8.27. The SMILES string of the molecule is CCCC(C)(C)c1c[n-]c(C(=O)c2cccc(OC(=O)Cl)c2)c1.[Ir].[c-]1ccccc1-c1ccccn1. The first-order valence-corrected chi connectivity index (χ1v) is 11.7. The number of aromatic nitrogens is 2. The van der Waals surface area contributed by atoms with Crippen LogP contribution in [-0.2, 0) is 25.5 Å². The molecule has 0 N–H and O–H groups in total. The summed E-state index contributed by atoms with van der Waals surface area (Å²) in [6.07, 6.45) is 5.63. The molecule has 1 radical (unpaired) electrons. The van der Waals surface area contributed by atoms with E-state index in [1.807, 2.05) is 48.5 Å². The maximum absolute atomic E-state index is 12.5. The maximum atomic E-state index is 12.5. The van der Waals surface area contributed by atoms with Gasteiger partial charge in [0.1, 0.15) is 5.75 Å². The first kappa shape index (κ1) is 29.2. The first-order chi connectivity index (χ1) is 16.8. The molecule has 0 bridgehead atoms. The Kier molecular flexibility index (Phi) is 11.3. The summed E-state index contributed by atoms with van der Waals surface area (Å²) >= 11 is 5.19. The number of ketones is 1. The maximum Gasteiger partial charge on any atom is 0.409 e. The van der Waals surface area contributed by atoms with E-state index in [-0.39, 0.29) is 37.1 Å². The summed E-state index contributed by atoms with van der Waals surface area (Å²) in [5, 5.41) is 0. The Bertz CT molecular complexity index is 1220. The van der Waals surface area contributed by atoms with Crippen LogP contribution in [0.5, 0.6) is 5.75 Å². The number of halogens is 1. The minimum absolute atomic E-state index is 0. The van der Waals surface area contributed by atoms with Crippen molar-refractivity contribution in [1.82, 2.24) is 9.97 Å². The van der Waals surface area contributed by atoms with E-state index in [0.29, 0.717) is 11.3 Å². The predicted molar refractivity (Wildman–Crippen MR) is 138 cm³/mol. The molecule has 0 aliphatic carbocycles. The number of hydrogen-bond acceptors (Lipinski definition) is 4. The van der Waals surface area contributed by atoms with Gasteiger partial charge in [0.2, 0.25) is 0 Å².